The molecule has 130 valence electrons. The minimum absolute atomic E-state index is 0.0250. The molecule has 1 aromatic carbocycles. The Hall–Kier alpha value is -1.68. The quantitative estimate of drug-likeness (QED) is 0.593. The zero-order valence-electron chi connectivity index (χ0n) is 14.7. The molecule has 4 heteroatoms. The Morgan fingerprint density at radius 3 is 2.71 bits per heavy atom. The molecule has 1 aromatic rings. The second kappa shape index (κ2) is 7.06. The molecular formula is C20H27NO3. The van der Waals surface area contributed by atoms with Gasteiger partial charge in [-0.05, 0) is 24.8 Å². The van der Waals surface area contributed by atoms with Crippen molar-refractivity contribution < 1.29 is 14.3 Å². The third-order valence-corrected chi connectivity index (χ3v) is 5.81. The van der Waals surface area contributed by atoms with Crippen LogP contribution >= 0.6 is 0 Å². The number of Topliss-reactive ketones (excluding diaryl/α,β-unsaturated/α-hetero) is 1. The Labute approximate surface area is 144 Å². The van der Waals surface area contributed by atoms with Gasteiger partial charge in [0.15, 0.2) is 5.78 Å². The number of piperidine rings is 1. The van der Waals surface area contributed by atoms with E-state index in [1.54, 1.807) is 0 Å². The minimum Gasteiger partial charge on any atom is -0.468 e. The highest BCUT2D eigenvalue weighted by Crippen LogP contribution is 2.48. The fourth-order valence-electron chi connectivity index (χ4n) is 4.60. The SMILES string of the molecule is CCCC[C@@]1(C(=O)OC)C(=O)C[C@H]2CC[C@@H]1N2Cc1ccccc1. The van der Waals surface area contributed by atoms with Gasteiger partial charge in [0.25, 0.3) is 0 Å². The van der Waals surface area contributed by atoms with Crippen LogP contribution in [0.4, 0.5) is 0 Å². The Balaban J connectivity index is 1.93. The lowest BCUT2D eigenvalue weighted by Crippen LogP contribution is -2.60. The van der Waals surface area contributed by atoms with E-state index in [-0.39, 0.29) is 23.8 Å². The van der Waals surface area contributed by atoms with Crippen molar-refractivity contribution in [1.29, 1.82) is 0 Å². The first-order chi connectivity index (χ1) is 11.6. The summed E-state index contributed by atoms with van der Waals surface area (Å²) in [6.07, 6.45) is 4.83. The molecule has 3 rings (SSSR count). The second-order valence-electron chi connectivity index (χ2n) is 7.10. The molecule has 3 atom stereocenters. The van der Waals surface area contributed by atoms with Crippen LogP contribution in [0, 0.1) is 5.41 Å². The molecule has 0 unspecified atom stereocenters. The summed E-state index contributed by atoms with van der Waals surface area (Å²) in [5.74, 6) is -0.232. The van der Waals surface area contributed by atoms with Gasteiger partial charge in [0.2, 0.25) is 0 Å². The Bertz CT molecular complexity index is 600. The molecule has 0 aromatic heterocycles. The van der Waals surface area contributed by atoms with Crippen LogP contribution in [-0.4, -0.2) is 35.8 Å². The fraction of sp³-hybridized carbons (Fsp3) is 0.600. The number of benzene rings is 1. The first-order valence-corrected chi connectivity index (χ1v) is 9.05. The van der Waals surface area contributed by atoms with Crippen molar-refractivity contribution in [2.24, 2.45) is 5.41 Å². The zero-order chi connectivity index (χ0) is 17.2. The molecule has 2 aliphatic heterocycles. The smallest absolute Gasteiger partial charge is 0.320 e. The van der Waals surface area contributed by atoms with E-state index in [0.29, 0.717) is 12.8 Å². The van der Waals surface area contributed by atoms with Crippen LogP contribution in [-0.2, 0) is 20.9 Å². The third-order valence-electron chi connectivity index (χ3n) is 5.81. The average Bonchev–Trinajstić information content (AvgIpc) is 2.91. The van der Waals surface area contributed by atoms with Crippen LogP contribution in [0.2, 0.25) is 0 Å². The molecule has 0 radical (unpaired) electrons. The van der Waals surface area contributed by atoms with Crippen molar-refractivity contribution in [1.82, 2.24) is 4.90 Å². The van der Waals surface area contributed by atoms with Gasteiger partial charge in [-0.1, -0.05) is 50.1 Å². The molecule has 2 heterocycles. The van der Waals surface area contributed by atoms with E-state index in [0.717, 1.165) is 32.2 Å². The lowest BCUT2D eigenvalue weighted by Gasteiger charge is -2.45. The van der Waals surface area contributed by atoms with Crippen LogP contribution in [0.25, 0.3) is 0 Å². The van der Waals surface area contributed by atoms with E-state index in [2.05, 4.69) is 24.0 Å². The first-order valence-electron chi connectivity index (χ1n) is 9.05. The highest BCUT2D eigenvalue weighted by atomic mass is 16.5. The predicted molar refractivity (Wildman–Crippen MR) is 92.4 cm³/mol. The number of methoxy groups -OCH3 is 1. The van der Waals surface area contributed by atoms with E-state index in [1.165, 1.54) is 12.7 Å². The number of carbonyl (C=O) groups excluding carboxylic acids is 2. The van der Waals surface area contributed by atoms with Crippen molar-refractivity contribution in [3.8, 4) is 0 Å². The molecule has 0 saturated carbocycles. The molecule has 0 amide bonds. The van der Waals surface area contributed by atoms with Crippen LogP contribution in [0.15, 0.2) is 30.3 Å². The van der Waals surface area contributed by atoms with E-state index in [4.69, 9.17) is 4.74 Å². The summed E-state index contributed by atoms with van der Waals surface area (Å²) < 4.78 is 5.12. The summed E-state index contributed by atoms with van der Waals surface area (Å²) in [5.41, 5.74) is 0.269. The summed E-state index contributed by atoms with van der Waals surface area (Å²) in [6.45, 7) is 2.89. The lowest BCUT2D eigenvalue weighted by molar-refractivity contribution is -0.167. The minimum atomic E-state index is -0.966. The van der Waals surface area contributed by atoms with Gasteiger partial charge in [0.1, 0.15) is 5.41 Å². The molecule has 0 N–H and O–H groups in total. The van der Waals surface area contributed by atoms with Gasteiger partial charge < -0.3 is 4.74 Å². The molecule has 2 saturated heterocycles. The van der Waals surface area contributed by atoms with E-state index < -0.39 is 5.41 Å². The zero-order valence-corrected chi connectivity index (χ0v) is 14.7. The van der Waals surface area contributed by atoms with E-state index in [1.807, 2.05) is 18.2 Å². The van der Waals surface area contributed by atoms with Gasteiger partial charge in [-0.3, -0.25) is 14.5 Å². The number of nitrogens with zero attached hydrogens (tertiary/aromatic N) is 1. The number of carbonyl (C=O) groups is 2. The second-order valence-corrected chi connectivity index (χ2v) is 7.10. The number of ether oxygens (including phenoxy) is 1. The predicted octanol–water partition coefficient (Wildman–Crippen LogP) is 3.34. The monoisotopic (exact) mass is 329 g/mol. The molecule has 24 heavy (non-hydrogen) atoms. The maximum atomic E-state index is 13.0. The topological polar surface area (TPSA) is 46.6 Å². The van der Waals surface area contributed by atoms with Crippen molar-refractivity contribution in [2.75, 3.05) is 7.11 Å². The average molecular weight is 329 g/mol. The molecule has 2 bridgehead atoms. The molecule has 2 aliphatic rings. The summed E-state index contributed by atoms with van der Waals surface area (Å²) in [5, 5.41) is 0. The van der Waals surface area contributed by atoms with Gasteiger partial charge in [-0.2, -0.15) is 0 Å². The number of hydrogen-bond donors (Lipinski definition) is 0. The van der Waals surface area contributed by atoms with Crippen molar-refractivity contribution in [3.63, 3.8) is 0 Å². The van der Waals surface area contributed by atoms with Gasteiger partial charge in [-0.25, -0.2) is 0 Å². The lowest BCUT2D eigenvalue weighted by atomic mass is 9.69. The first kappa shape index (κ1) is 17.2. The molecule has 2 fully saturated rings. The molecule has 4 nitrogen and oxygen atoms in total. The van der Waals surface area contributed by atoms with E-state index >= 15 is 0 Å². The Kier molecular flexibility index (Phi) is 5.04. The maximum absolute atomic E-state index is 13.0. The van der Waals surface area contributed by atoms with Crippen molar-refractivity contribution in [2.45, 2.75) is 64.1 Å². The highest BCUT2D eigenvalue weighted by molar-refractivity contribution is 6.05. The highest BCUT2D eigenvalue weighted by Gasteiger charge is 2.60. The van der Waals surface area contributed by atoms with Crippen molar-refractivity contribution in [3.05, 3.63) is 35.9 Å². The maximum Gasteiger partial charge on any atom is 0.320 e. The van der Waals surface area contributed by atoms with Gasteiger partial charge in [0, 0.05) is 25.0 Å². The molecule has 0 aliphatic carbocycles. The fourth-order valence-corrected chi connectivity index (χ4v) is 4.60. The van der Waals surface area contributed by atoms with Gasteiger partial charge in [-0.15, -0.1) is 0 Å². The number of hydrogen-bond acceptors (Lipinski definition) is 4. The number of esters is 1. The van der Waals surface area contributed by atoms with Crippen LogP contribution < -0.4 is 0 Å². The van der Waals surface area contributed by atoms with E-state index in [9.17, 15) is 9.59 Å². The number of unbranched alkanes of at least 4 members (excludes halogenated alkanes) is 1. The summed E-state index contributed by atoms with van der Waals surface area (Å²) >= 11 is 0. The molecule has 0 spiro atoms. The van der Waals surface area contributed by atoms with Crippen LogP contribution in [0.5, 0.6) is 0 Å². The molecular weight excluding hydrogens is 302 g/mol. The number of fused-ring (bicyclic) bond motifs is 2. The van der Waals surface area contributed by atoms with Gasteiger partial charge >= 0.3 is 5.97 Å². The number of ketones is 1. The van der Waals surface area contributed by atoms with Crippen molar-refractivity contribution >= 4 is 11.8 Å². The largest absolute Gasteiger partial charge is 0.468 e. The van der Waals surface area contributed by atoms with Crippen LogP contribution in [0.1, 0.15) is 51.0 Å². The standard InChI is InChI=1S/C20H27NO3/c1-3-4-12-20(19(23)24-2)17-11-10-16(13-18(20)22)21(17)14-15-8-6-5-7-9-15/h5-9,16-17H,3-4,10-14H2,1-2H3/t16-,17+,20+/m1/s1. The summed E-state index contributed by atoms with van der Waals surface area (Å²) in [7, 11) is 1.41. The summed E-state index contributed by atoms with van der Waals surface area (Å²) in [4.78, 5) is 28.1. The van der Waals surface area contributed by atoms with Gasteiger partial charge in [0.05, 0.1) is 7.11 Å². The number of rotatable bonds is 6. The summed E-state index contributed by atoms with van der Waals surface area (Å²) in [6, 6.07) is 10.6. The van der Waals surface area contributed by atoms with Crippen LogP contribution in [0.3, 0.4) is 0 Å². The normalized spacial score (nSPS) is 29.7. The Morgan fingerprint density at radius 2 is 2.04 bits per heavy atom. The third kappa shape index (κ3) is 2.77. The Morgan fingerprint density at radius 1 is 1.29 bits per heavy atom.